The number of ether oxygens (including phenoxy) is 2. The van der Waals surface area contributed by atoms with Gasteiger partial charge in [0.15, 0.2) is 0 Å². The van der Waals surface area contributed by atoms with Gasteiger partial charge >= 0.3 is 5.97 Å². The summed E-state index contributed by atoms with van der Waals surface area (Å²) in [5.41, 5.74) is 3.28. The van der Waals surface area contributed by atoms with Crippen LogP contribution in [0.3, 0.4) is 0 Å². The summed E-state index contributed by atoms with van der Waals surface area (Å²) in [6.45, 7) is 2.77. The first-order valence-electron chi connectivity index (χ1n) is 7.09. The van der Waals surface area contributed by atoms with Gasteiger partial charge in [0.1, 0.15) is 5.69 Å². The van der Waals surface area contributed by atoms with Crippen molar-refractivity contribution in [3.05, 3.63) is 41.2 Å². The predicted octanol–water partition coefficient (Wildman–Crippen LogP) is 2.96. The minimum absolute atomic E-state index is 0.373. The SMILES string of the molecule is COC(=O)c1[nH]cc(-c2ccc(Cl)cc2)c1N1CCOCC1. The van der Waals surface area contributed by atoms with Gasteiger partial charge in [-0.1, -0.05) is 23.7 Å². The lowest BCUT2D eigenvalue weighted by atomic mass is 10.1. The van der Waals surface area contributed by atoms with Gasteiger partial charge in [-0.15, -0.1) is 0 Å². The molecule has 5 nitrogen and oxygen atoms in total. The summed E-state index contributed by atoms with van der Waals surface area (Å²) in [6, 6.07) is 7.56. The van der Waals surface area contributed by atoms with Crippen LogP contribution in [0.5, 0.6) is 0 Å². The van der Waals surface area contributed by atoms with Crippen molar-refractivity contribution in [3.63, 3.8) is 0 Å². The largest absolute Gasteiger partial charge is 0.464 e. The van der Waals surface area contributed by atoms with E-state index in [-0.39, 0.29) is 5.97 Å². The second-order valence-electron chi connectivity index (χ2n) is 5.02. The van der Waals surface area contributed by atoms with Crippen LogP contribution in [0, 0.1) is 0 Å². The number of morpholine rings is 1. The third-order valence-electron chi connectivity index (χ3n) is 3.72. The average molecular weight is 321 g/mol. The van der Waals surface area contributed by atoms with Gasteiger partial charge in [0.25, 0.3) is 0 Å². The van der Waals surface area contributed by atoms with Crippen LogP contribution in [0.1, 0.15) is 10.5 Å². The first-order valence-corrected chi connectivity index (χ1v) is 7.47. The van der Waals surface area contributed by atoms with Crippen molar-refractivity contribution in [1.29, 1.82) is 0 Å². The Morgan fingerprint density at radius 1 is 1.27 bits per heavy atom. The lowest BCUT2D eigenvalue weighted by Crippen LogP contribution is -2.37. The van der Waals surface area contributed by atoms with Crippen molar-refractivity contribution in [2.75, 3.05) is 38.3 Å². The molecule has 1 saturated heterocycles. The molecule has 6 heteroatoms. The molecule has 0 atom stereocenters. The molecule has 3 rings (SSSR count). The molecule has 1 N–H and O–H groups in total. The van der Waals surface area contributed by atoms with E-state index in [0.29, 0.717) is 23.9 Å². The molecule has 2 heterocycles. The van der Waals surface area contributed by atoms with E-state index in [9.17, 15) is 4.79 Å². The van der Waals surface area contributed by atoms with Gasteiger partial charge in [0.05, 0.1) is 26.0 Å². The van der Waals surface area contributed by atoms with Crippen molar-refractivity contribution < 1.29 is 14.3 Å². The first kappa shape index (κ1) is 14.9. The molecule has 0 bridgehead atoms. The van der Waals surface area contributed by atoms with E-state index in [2.05, 4.69) is 9.88 Å². The zero-order valence-corrected chi connectivity index (χ0v) is 13.0. The molecule has 1 aromatic heterocycles. The Labute approximate surface area is 133 Å². The smallest absolute Gasteiger partial charge is 0.356 e. The fourth-order valence-corrected chi connectivity index (χ4v) is 2.76. The lowest BCUT2D eigenvalue weighted by Gasteiger charge is -2.29. The van der Waals surface area contributed by atoms with Crippen molar-refractivity contribution >= 4 is 23.3 Å². The van der Waals surface area contributed by atoms with Crippen LogP contribution in [0.2, 0.25) is 5.02 Å². The molecule has 0 radical (unpaired) electrons. The van der Waals surface area contributed by atoms with Gasteiger partial charge in [0, 0.05) is 29.9 Å². The molecule has 0 unspecified atom stereocenters. The van der Waals surface area contributed by atoms with Crippen molar-refractivity contribution in [2.24, 2.45) is 0 Å². The summed E-state index contributed by atoms with van der Waals surface area (Å²) in [7, 11) is 1.38. The quantitative estimate of drug-likeness (QED) is 0.883. The molecular weight excluding hydrogens is 304 g/mol. The monoisotopic (exact) mass is 320 g/mol. The van der Waals surface area contributed by atoms with Gasteiger partial charge in [0.2, 0.25) is 0 Å². The Hall–Kier alpha value is -1.98. The number of rotatable bonds is 3. The topological polar surface area (TPSA) is 54.6 Å². The maximum absolute atomic E-state index is 12.0. The Kier molecular flexibility index (Phi) is 4.36. The molecule has 0 aliphatic carbocycles. The summed E-state index contributed by atoms with van der Waals surface area (Å²) < 4.78 is 10.3. The van der Waals surface area contributed by atoms with Gasteiger partial charge in [-0.3, -0.25) is 0 Å². The van der Waals surface area contributed by atoms with Crippen molar-refractivity contribution in [1.82, 2.24) is 4.98 Å². The highest BCUT2D eigenvalue weighted by Gasteiger charge is 2.25. The van der Waals surface area contributed by atoms with Gasteiger partial charge in [-0.05, 0) is 17.7 Å². The Bertz CT molecular complexity index is 661. The van der Waals surface area contributed by atoms with Gasteiger partial charge in [-0.25, -0.2) is 4.79 Å². The van der Waals surface area contributed by atoms with Crippen LogP contribution in [-0.2, 0) is 9.47 Å². The number of halogens is 1. The second-order valence-corrected chi connectivity index (χ2v) is 5.46. The third-order valence-corrected chi connectivity index (χ3v) is 3.98. The van der Waals surface area contributed by atoms with Crippen LogP contribution in [0.4, 0.5) is 5.69 Å². The van der Waals surface area contributed by atoms with Crippen LogP contribution >= 0.6 is 11.6 Å². The Balaban J connectivity index is 2.07. The summed E-state index contributed by atoms with van der Waals surface area (Å²) in [4.78, 5) is 17.2. The highest BCUT2D eigenvalue weighted by Crippen LogP contribution is 2.35. The molecule has 116 valence electrons. The number of hydrogen-bond donors (Lipinski definition) is 1. The Morgan fingerprint density at radius 3 is 2.59 bits per heavy atom. The second kappa shape index (κ2) is 6.42. The zero-order chi connectivity index (χ0) is 15.5. The number of aromatic amines is 1. The number of carbonyl (C=O) groups is 1. The van der Waals surface area contributed by atoms with E-state index in [1.165, 1.54) is 7.11 Å². The fourth-order valence-electron chi connectivity index (χ4n) is 2.64. The standard InChI is InChI=1S/C16H17ClN2O3/c1-21-16(20)14-15(19-6-8-22-9-7-19)13(10-18-14)11-2-4-12(17)5-3-11/h2-5,10,18H,6-9H2,1H3. The van der Waals surface area contributed by atoms with Gasteiger partial charge < -0.3 is 19.4 Å². The normalized spacial score (nSPS) is 14.9. The van der Waals surface area contributed by atoms with Crippen LogP contribution in [0.15, 0.2) is 30.5 Å². The first-order chi connectivity index (χ1) is 10.7. The number of aromatic nitrogens is 1. The number of benzene rings is 1. The third kappa shape index (κ3) is 2.82. The molecule has 22 heavy (non-hydrogen) atoms. The van der Waals surface area contributed by atoms with E-state index < -0.39 is 0 Å². The highest BCUT2D eigenvalue weighted by molar-refractivity contribution is 6.30. The average Bonchev–Trinajstić information content (AvgIpc) is 3.00. The predicted molar refractivity (Wildman–Crippen MR) is 85.6 cm³/mol. The Morgan fingerprint density at radius 2 is 1.95 bits per heavy atom. The molecule has 0 spiro atoms. The molecule has 0 saturated carbocycles. The molecule has 2 aromatic rings. The van der Waals surface area contributed by atoms with Gasteiger partial charge in [-0.2, -0.15) is 0 Å². The molecule has 1 aliphatic rings. The number of anilines is 1. The van der Waals surface area contributed by atoms with Crippen LogP contribution < -0.4 is 4.90 Å². The number of H-pyrrole nitrogens is 1. The van der Waals surface area contributed by atoms with Crippen molar-refractivity contribution in [3.8, 4) is 11.1 Å². The fraction of sp³-hybridized carbons (Fsp3) is 0.312. The summed E-state index contributed by atoms with van der Waals surface area (Å²) in [5, 5.41) is 0.681. The number of nitrogens with zero attached hydrogens (tertiary/aromatic N) is 1. The van der Waals surface area contributed by atoms with Crippen LogP contribution in [0.25, 0.3) is 11.1 Å². The summed E-state index contributed by atoms with van der Waals surface area (Å²) >= 11 is 5.96. The van der Waals surface area contributed by atoms with E-state index in [1.54, 1.807) is 0 Å². The number of esters is 1. The maximum Gasteiger partial charge on any atom is 0.356 e. The minimum atomic E-state index is -0.373. The van der Waals surface area contributed by atoms with E-state index in [4.69, 9.17) is 21.1 Å². The number of hydrogen-bond acceptors (Lipinski definition) is 4. The van der Waals surface area contributed by atoms with Crippen molar-refractivity contribution in [2.45, 2.75) is 0 Å². The zero-order valence-electron chi connectivity index (χ0n) is 12.3. The lowest BCUT2D eigenvalue weighted by molar-refractivity contribution is 0.0594. The molecule has 0 amide bonds. The number of methoxy groups -OCH3 is 1. The molecule has 1 fully saturated rings. The number of nitrogens with one attached hydrogen (secondary N) is 1. The van der Waals surface area contributed by atoms with E-state index in [0.717, 1.165) is 29.9 Å². The van der Waals surface area contributed by atoms with E-state index in [1.807, 2.05) is 30.5 Å². The molecule has 1 aliphatic heterocycles. The van der Waals surface area contributed by atoms with Crippen LogP contribution in [-0.4, -0.2) is 44.4 Å². The summed E-state index contributed by atoms with van der Waals surface area (Å²) in [6.07, 6.45) is 1.83. The number of carbonyl (C=O) groups excluding carboxylic acids is 1. The molecule has 1 aromatic carbocycles. The van der Waals surface area contributed by atoms with E-state index >= 15 is 0 Å². The molecular formula is C16H17ClN2O3. The minimum Gasteiger partial charge on any atom is -0.464 e. The maximum atomic E-state index is 12.0. The summed E-state index contributed by atoms with van der Waals surface area (Å²) in [5.74, 6) is -0.373. The highest BCUT2D eigenvalue weighted by atomic mass is 35.5.